The van der Waals surface area contributed by atoms with E-state index in [1.807, 2.05) is 5.51 Å². The normalized spacial score (nSPS) is 11.9. The van der Waals surface area contributed by atoms with Crippen LogP contribution in [-0.2, 0) is 18.5 Å². The molecule has 0 unspecified atom stereocenters. The highest BCUT2D eigenvalue weighted by molar-refractivity contribution is 7.09. The Balaban J connectivity index is 1.85. The van der Waals surface area contributed by atoms with Crippen molar-refractivity contribution in [1.29, 1.82) is 0 Å². The third-order valence-electron chi connectivity index (χ3n) is 2.29. The van der Waals surface area contributed by atoms with Gasteiger partial charge < -0.3 is 5.32 Å². The molecule has 0 saturated heterocycles. The van der Waals surface area contributed by atoms with Gasteiger partial charge in [-0.1, -0.05) is 20.8 Å². The molecule has 0 fully saturated rings. The van der Waals surface area contributed by atoms with Gasteiger partial charge in [-0.15, -0.1) is 22.7 Å². The van der Waals surface area contributed by atoms with E-state index in [9.17, 15) is 0 Å². The highest BCUT2D eigenvalue weighted by Gasteiger charge is 2.17. The van der Waals surface area contributed by atoms with Gasteiger partial charge in [0.1, 0.15) is 0 Å². The molecule has 5 heteroatoms. The number of nitrogens with zero attached hydrogens (tertiary/aromatic N) is 2. The predicted molar refractivity (Wildman–Crippen MR) is 73.5 cm³/mol. The molecule has 2 aromatic rings. The molecule has 1 N–H and O–H groups in total. The van der Waals surface area contributed by atoms with Gasteiger partial charge in [0.05, 0.1) is 21.9 Å². The van der Waals surface area contributed by atoms with Gasteiger partial charge >= 0.3 is 0 Å². The van der Waals surface area contributed by atoms with Crippen molar-refractivity contribution in [3.63, 3.8) is 0 Å². The molecule has 2 heterocycles. The van der Waals surface area contributed by atoms with Crippen molar-refractivity contribution in [1.82, 2.24) is 15.3 Å². The molecule has 3 nitrogen and oxygen atoms in total. The summed E-state index contributed by atoms with van der Waals surface area (Å²) in [5.74, 6) is 0. The third-order valence-corrected chi connectivity index (χ3v) is 4.24. The molecule has 0 bridgehead atoms. The third kappa shape index (κ3) is 3.59. The fourth-order valence-corrected chi connectivity index (χ4v) is 2.84. The molecule has 0 aromatic carbocycles. The van der Waals surface area contributed by atoms with E-state index in [-0.39, 0.29) is 5.41 Å². The van der Waals surface area contributed by atoms with E-state index in [0.717, 1.165) is 24.5 Å². The maximum Gasteiger partial charge on any atom is 0.0982 e. The van der Waals surface area contributed by atoms with Crippen molar-refractivity contribution in [2.24, 2.45) is 0 Å². The molecule has 2 rings (SSSR count). The summed E-state index contributed by atoms with van der Waals surface area (Å²) >= 11 is 3.37. The first kappa shape index (κ1) is 12.7. The van der Waals surface area contributed by atoms with Crippen molar-refractivity contribution >= 4 is 22.7 Å². The molecular weight excluding hydrogens is 250 g/mol. The minimum absolute atomic E-state index is 0.151. The average molecular weight is 267 g/mol. The van der Waals surface area contributed by atoms with E-state index < -0.39 is 0 Å². The number of aromatic nitrogens is 2. The summed E-state index contributed by atoms with van der Waals surface area (Å²) in [6.45, 7) is 8.20. The lowest BCUT2D eigenvalue weighted by Crippen LogP contribution is -2.14. The van der Waals surface area contributed by atoms with Crippen LogP contribution in [0.25, 0.3) is 0 Å². The highest BCUT2D eigenvalue weighted by Crippen LogP contribution is 2.25. The Morgan fingerprint density at radius 1 is 1.18 bits per heavy atom. The summed E-state index contributed by atoms with van der Waals surface area (Å²) in [6.07, 6.45) is 0. The predicted octanol–water partition coefficient (Wildman–Crippen LogP) is 3.19. The van der Waals surface area contributed by atoms with Crippen molar-refractivity contribution in [3.8, 4) is 0 Å². The Kier molecular flexibility index (Phi) is 3.91. The summed E-state index contributed by atoms with van der Waals surface area (Å²) in [7, 11) is 0. The SMILES string of the molecule is CC(C)(C)c1nc(CNCc2cscn2)cs1. The number of hydrogen-bond acceptors (Lipinski definition) is 5. The standard InChI is InChI=1S/C12H17N3S2/c1-12(2,3)11-15-10(7-17-11)5-13-4-9-6-16-8-14-9/h6-8,13H,4-5H2,1-3H3. The molecular formula is C12H17N3S2. The van der Waals surface area contributed by atoms with Gasteiger partial charge in [0, 0.05) is 29.3 Å². The lowest BCUT2D eigenvalue weighted by molar-refractivity contribution is 0.579. The van der Waals surface area contributed by atoms with Gasteiger partial charge in [-0.3, -0.25) is 0 Å². The second-order valence-corrected chi connectivity index (χ2v) is 6.55. The first-order chi connectivity index (χ1) is 8.05. The fraction of sp³-hybridized carbons (Fsp3) is 0.500. The smallest absolute Gasteiger partial charge is 0.0982 e. The number of thiazole rings is 2. The lowest BCUT2D eigenvalue weighted by Gasteiger charge is -2.13. The molecule has 0 aliphatic carbocycles. The Hall–Kier alpha value is -0.780. The van der Waals surface area contributed by atoms with Crippen molar-refractivity contribution in [2.75, 3.05) is 0 Å². The zero-order chi connectivity index (χ0) is 12.3. The molecule has 0 radical (unpaired) electrons. The Morgan fingerprint density at radius 2 is 1.94 bits per heavy atom. The first-order valence-electron chi connectivity index (χ1n) is 5.58. The lowest BCUT2D eigenvalue weighted by atomic mass is 9.98. The summed E-state index contributed by atoms with van der Waals surface area (Å²) < 4.78 is 0. The van der Waals surface area contributed by atoms with Crippen LogP contribution in [0.5, 0.6) is 0 Å². The van der Waals surface area contributed by atoms with E-state index in [0.29, 0.717) is 0 Å². The highest BCUT2D eigenvalue weighted by atomic mass is 32.1. The van der Waals surface area contributed by atoms with Crippen molar-refractivity contribution < 1.29 is 0 Å². The van der Waals surface area contributed by atoms with Crippen LogP contribution in [0.4, 0.5) is 0 Å². The number of rotatable bonds is 4. The van der Waals surface area contributed by atoms with E-state index in [1.165, 1.54) is 5.01 Å². The van der Waals surface area contributed by atoms with Crippen molar-refractivity contribution in [2.45, 2.75) is 39.3 Å². The largest absolute Gasteiger partial charge is 0.305 e. The van der Waals surface area contributed by atoms with Crippen LogP contribution in [0.1, 0.15) is 37.2 Å². The fourth-order valence-electron chi connectivity index (χ4n) is 1.38. The summed E-state index contributed by atoms with van der Waals surface area (Å²) in [6, 6.07) is 0. The van der Waals surface area contributed by atoms with Gasteiger partial charge in [-0.05, 0) is 0 Å². The van der Waals surface area contributed by atoms with Crippen LogP contribution < -0.4 is 5.32 Å². The molecule has 2 aromatic heterocycles. The average Bonchev–Trinajstić information content (AvgIpc) is 2.86. The maximum atomic E-state index is 4.64. The van der Waals surface area contributed by atoms with Crippen molar-refractivity contribution in [3.05, 3.63) is 32.7 Å². The van der Waals surface area contributed by atoms with E-state index in [2.05, 4.69) is 46.8 Å². The topological polar surface area (TPSA) is 37.8 Å². The quantitative estimate of drug-likeness (QED) is 0.924. The molecule has 0 spiro atoms. The van der Waals surface area contributed by atoms with Crippen LogP contribution in [-0.4, -0.2) is 9.97 Å². The molecule has 0 amide bonds. The Morgan fingerprint density at radius 3 is 2.53 bits per heavy atom. The monoisotopic (exact) mass is 267 g/mol. The van der Waals surface area contributed by atoms with Gasteiger partial charge in [-0.25, -0.2) is 9.97 Å². The van der Waals surface area contributed by atoms with Crippen LogP contribution in [0, 0.1) is 0 Å². The number of nitrogens with one attached hydrogen (secondary N) is 1. The molecule has 0 aliphatic heterocycles. The minimum Gasteiger partial charge on any atom is -0.305 e. The molecule has 92 valence electrons. The number of hydrogen-bond donors (Lipinski definition) is 1. The second kappa shape index (κ2) is 5.25. The van der Waals surface area contributed by atoms with E-state index in [1.54, 1.807) is 22.7 Å². The van der Waals surface area contributed by atoms with E-state index >= 15 is 0 Å². The Labute approximate surface area is 110 Å². The van der Waals surface area contributed by atoms with Gasteiger partial charge in [0.15, 0.2) is 0 Å². The van der Waals surface area contributed by atoms with Crippen LogP contribution >= 0.6 is 22.7 Å². The van der Waals surface area contributed by atoms with Crippen LogP contribution in [0.15, 0.2) is 16.3 Å². The summed E-state index contributed by atoms with van der Waals surface area (Å²) in [5.41, 5.74) is 4.23. The van der Waals surface area contributed by atoms with Crippen LogP contribution in [0.2, 0.25) is 0 Å². The Bertz CT molecular complexity index is 454. The zero-order valence-electron chi connectivity index (χ0n) is 10.4. The van der Waals surface area contributed by atoms with Gasteiger partial charge in [-0.2, -0.15) is 0 Å². The van der Waals surface area contributed by atoms with Crippen LogP contribution in [0.3, 0.4) is 0 Å². The summed E-state index contributed by atoms with van der Waals surface area (Å²) in [4.78, 5) is 8.87. The zero-order valence-corrected chi connectivity index (χ0v) is 12.0. The maximum absolute atomic E-state index is 4.64. The molecule has 17 heavy (non-hydrogen) atoms. The molecule has 0 atom stereocenters. The van der Waals surface area contributed by atoms with Gasteiger partial charge in [0.25, 0.3) is 0 Å². The first-order valence-corrected chi connectivity index (χ1v) is 7.40. The molecule has 0 saturated carbocycles. The van der Waals surface area contributed by atoms with E-state index in [4.69, 9.17) is 0 Å². The van der Waals surface area contributed by atoms with Gasteiger partial charge in [0.2, 0.25) is 0 Å². The summed E-state index contributed by atoms with van der Waals surface area (Å²) in [5, 5.41) is 8.75. The second-order valence-electron chi connectivity index (χ2n) is 4.98. The minimum atomic E-state index is 0.151. The molecule has 0 aliphatic rings.